The fourth-order valence-corrected chi connectivity index (χ4v) is 3.05. The molecule has 0 fully saturated rings. The van der Waals surface area contributed by atoms with Gasteiger partial charge in [-0.2, -0.15) is 0 Å². The molecule has 0 saturated heterocycles. The fraction of sp³-hybridized carbons (Fsp3) is 0.562. The predicted octanol–water partition coefficient (Wildman–Crippen LogP) is 1.98. The molecule has 2 aromatic rings. The van der Waals surface area contributed by atoms with Crippen molar-refractivity contribution < 1.29 is 5.11 Å². The lowest BCUT2D eigenvalue weighted by atomic mass is 10.1. The number of aliphatic imine (C=N–C) groups is 1. The Kier molecular flexibility index (Phi) is 9.36. The van der Waals surface area contributed by atoms with Crippen molar-refractivity contribution in [1.29, 1.82) is 0 Å². The number of guanidine groups is 1. The highest BCUT2D eigenvalue weighted by Crippen LogP contribution is 2.25. The second-order valence-corrected chi connectivity index (χ2v) is 6.61. The molecule has 0 amide bonds. The summed E-state index contributed by atoms with van der Waals surface area (Å²) in [5, 5.41) is 27.0. The average Bonchev–Trinajstić information content (AvgIpc) is 3.24. The van der Waals surface area contributed by atoms with E-state index in [1.807, 2.05) is 29.0 Å². The Hall–Kier alpha value is -1.20. The molecule has 25 heavy (non-hydrogen) atoms. The van der Waals surface area contributed by atoms with Gasteiger partial charge in [-0.3, -0.25) is 0 Å². The number of aliphatic hydroxyl groups is 1. The van der Waals surface area contributed by atoms with E-state index in [0.717, 1.165) is 30.2 Å². The zero-order valence-electron chi connectivity index (χ0n) is 14.9. The van der Waals surface area contributed by atoms with Crippen LogP contribution in [-0.2, 0) is 18.6 Å². The standard InChI is InChI=1S/C16H26N6OS.HI/c1-4-14-21-20-12-22(14)9-8-18-15(17-5-2)19-11-16(3,23)13-7-6-10-24-13;/h6-7,10,12,23H,4-5,8-9,11H2,1-3H3,(H2,17,18,19);1H. The van der Waals surface area contributed by atoms with Crippen LogP contribution < -0.4 is 10.6 Å². The molecule has 0 aliphatic rings. The van der Waals surface area contributed by atoms with Crippen LogP contribution in [0.5, 0.6) is 0 Å². The van der Waals surface area contributed by atoms with Crippen molar-refractivity contribution in [2.75, 3.05) is 19.6 Å². The lowest BCUT2D eigenvalue weighted by Gasteiger charge is -2.20. The van der Waals surface area contributed by atoms with Gasteiger partial charge < -0.3 is 20.3 Å². The van der Waals surface area contributed by atoms with Crippen molar-refractivity contribution in [3.8, 4) is 0 Å². The highest BCUT2D eigenvalue weighted by atomic mass is 127. The number of aryl methyl sites for hydroxylation is 1. The third kappa shape index (κ3) is 6.55. The average molecular weight is 478 g/mol. The van der Waals surface area contributed by atoms with E-state index in [2.05, 4.69) is 32.7 Å². The summed E-state index contributed by atoms with van der Waals surface area (Å²) in [4.78, 5) is 5.43. The van der Waals surface area contributed by atoms with Crippen molar-refractivity contribution in [1.82, 2.24) is 25.4 Å². The molecular formula is C16H27IN6OS. The largest absolute Gasteiger partial charge is 0.383 e. The number of halogens is 1. The fourth-order valence-electron chi connectivity index (χ4n) is 2.27. The van der Waals surface area contributed by atoms with Gasteiger partial charge in [-0.25, -0.2) is 4.99 Å². The Morgan fingerprint density at radius 2 is 2.20 bits per heavy atom. The first-order chi connectivity index (χ1) is 11.6. The van der Waals surface area contributed by atoms with Gasteiger partial charge in [-0.1, -0.05) is 13.0 Å². The van der Waals surface area contributed by atoms with Crippen LogP contribution in [0.3, 0.4) is 0 Å². The van der Waals surface area contributed by atoms with E-state index in [1.165, 1.54) is 11.3 Å². The molecule has 2 aromatic heterocycles. The second kappa shape index (κ2) is 10.7. The predicted molar refractivity (Wildman–Crippen MR) is 113 cm³/mol. The molecule has 1 unspecified atom stereocenters. The zero-order chi connectivity index (χ0) is 17.4. The van der Waals surface area contributed by atoms with Gasteiger partial charge in [-0.05, 0) is 25.3 Å². The Bertz CT molecular complexity index is 641. The minimum atomic E-state index is -0.958. The number of rotatable bonds is 8. The molecular weight excluding hydrogens is 451 g/mol. The molecule has 0 aliphatic heterocycles. The first-order valence-electron chi connectivity index (χ1n) is 8.22. The molecule has 0 bridgehead atoms. The van der Waals surface area contributed by atoms with Crippen LogP contribution in [0.25, 0.3) is 0 Å². The maximum atomic E-state index is 10.6. The molecule has 0 saturated carbocycles. The number of thiophene rings is 1. The van der Waals surface area contributed by atoms with E-state index >= 15 is 0 Å². The van der Waals surface area contributed by atoms with E-state index in [4.69, 9.17) is 0 Å². The summed E-state index contributed by atoms with van der Waals surface area (Å²) >= 11 is 1.54. The third-order valence-electron chi connectivity index (χ3n) is 3.60. The van der Waals surface area contributed by atoms with Crippen LogP contribution in [0.2, 0.25) is 0 Å². The zero-order valence-corrected chi connectivity index (χ0v) is 18.0. The summed E-state index contributed by atoms with van der Waals surface area (Å²) in [6.07, 6.45) is 2.60. The van der Waals surface area contributed by atoms with Gasteiger partial charge in [0, 0.05) is 30.9 Å². The smallest absolute Gasteiger partial charge is 0.191 e. The lowest BCUT2D eigenvalue weighted by molar-refractivity contribution is 0.0711. The normalized spacial score (nSPS) is 13.8. The van der Waals surface area contributed by atoms with Crippen LogP contribution in [0.1, 0.15) is 31.5 Å². The number of hydrogen-bond acceptors (Lipinski definition) is 5. The molecule has 0 aliphatic carbocycles. The number of nitrogens with zero attached hydrogens (tertiary/aromatic N) is 4. The molecule has 7 nitrogen and oxygen atoms in total. The maximum Gasteiger partial charge on any atom is 0.191 e. The van der Waals surface area contributed by atoms with Crippen LogP contribution in [0, 0.1) is 0 Å². The molecule has 9 heteroatoms. The lowest BCUT2D eigenvalue weighted by Crippen LogP contribution is -2.40. The summed E-state index contributed by atoms with van der Waals surface area (Å²) in [7, 11) is 0. The quantitative estimate of drug-likeness (QED) is 0.307. The Balaban J connectivity index is 0.00000312. The molecule has 3 N–H and O–H groups in total. The van der Waals surface area contributed by atoms with E-state index < -0.39 is 5.60 Å². The van der Waals surface area contributed by atoms with E-state index in [9.17, 15) is 5.11 Å². The van der Waals surface area contributed by atoms with Crippen molar-refractivity contribution >= 4 is 41.3 Å². The monoisotopic (exact) mass is 478 g/mol. The number of nitrogens with one attached hydrogen (secondary N) is 2. The van der Waals surface area contributed by atoms with Crippen LogP contribution in [0.15, 0.2) is 28.8 Å². The van der Waals surface area contributed by atoms with Gasteiger partial charge in [0.05, 0.1) is 6.54 Å². The van der Waals surface area contributed by atoms with Crippen molar-refractivity contribution in [3.63, 3.8) is 0 Å². The molecule has 140 valence electrons. The second-order valence-electron chi connectivity index (χ2n) is 5.67. The molecule has 2 heterocycles. The highest BCUT2D eigenvalue weighted by Gasteiger charge is 2.23. The van der Waals surface area contributed by atoms with Gasteiger partial charge in [-0.15, -0.1) is 45.5 Å². The van der Waals surface area contributed by atoms with Gasteiger partial charge in [0.1, 0.15) is 17.8 Å². The third-order valence-corrected chi connectivity index (χ3v) is 4.72. The summed E-state index contributed by atoms with van der Waals surface area (Å²) in [5.41, 5.74) is -0.958. The van der Waals surface area contributed by atoms with Crippen molar-refractivity contribution in [2.45, 2.75) is 39.3 Å². The van der Waals surface area contributed by atoms with Crippen molar-refractivity contribution in [2.24, 2.45) is 4.99 Å². The SMILES string of the molecule is CCNC(=NCC(C)(O)c1cccs1)NCCn1cnnc1CC.I. The van der Waals surface area contributed by atoms with E-state index in [-0.39, 0.29) is 24.0 Å². The minimum absolute atomic E-state index is 0. The van der Waals surface area contributed by atoms with Crippen molar-refractivity contribution in [3.05, 3.63) is 34.5 Å². The van der Waals surface area contributed by atoms with Gasteiger partial charge >= 0.3 is 0 Å². The van der Waals surface area contributed by atoms with Gasteiger partial charge in [0.2, 0.25) is 0 Å². The number of hydrogen-bond donors (Lipinski definition) is 3. The molecule has 1 atom stereocenters. The molecule has 0 radical (unpaired) electrons. The maximum absolute atomic E-state index is 10.6. The summed E-state index contributed by atoms with van der Waals surface area (Å²) in [6.45, 7) is 8.40. The Labute approximate surface area is 170 Å². The first-order valence-corrected chi connectivity index (χ1v) is 9.10. The highest BCUT2D eigenvalue weighted by molar-refractivity contribution is 14.0. The van der Waals surface area contributed by atoms with Crippen LogP contribution in [0.4, 0.5) is 0 Å². The van der Waals surface area contributed by atoms with Gasteiger partial charge in [0.15, 0.2) is 5.96 Å². The van der Waals surface area contributed by atoms with Crippen LogP contribution >= 0.6 is 35.3 Å². The number of aromatic nitrogens is 3. The molecule has 0 aromatic carbocycles. The minimum Gasteiger partial charge on any atom is -0.383 e. The van der Waals surface area contributed by atoms with Crippen LogP contribution in [-0.4, -0.2) is 45.5 Å². The summed E-state index contributed by atoms with van der Waals surface area (Å²) < 4.78 is 2.03. The topological polar surface area (TPSA) is 87.4 Å². The summed E-state index contributed by atoms with van der Waals surface area (Å²) in [6, 6.07) is 3.87. The molecule has 0 spiro atoms. The van der Waals surface area contributed by atoms with E-state index in [0.29, 0.717) is 19.0 Å². The van der Waals surface area contributed by atoms with Gasteiger partial charge in [0.25, 0.3) is 0 Å². The first kappa shape index (κ1) is 21.8. The Morgan fingerprint density at radius 1 is 1.40 bits per heavy atom. The Morgan fingerprint density at radius 3 is 2.84 bits per heavy atom. The summed E-state index contributed by atoms with van der Waals surface area (Å²) in [5.74, 6) is 1.67. The van der Waals surface area contributed by atoms with E-state index in [1.54, 1.807) is 13.3 Å². The molecule has 2 rings (SSSR count).